The minimum Gasteiger partial charge on any atom is -0.492 e. The smallest absolute Gasteiger partial charge is 0.144 e. The summed E-state index contributed by atoms with van der Waals surface area (Å²) >= 11 is 0. The van der Waals surface area contributed by atoms with Crippen molar-refractivity contribution in [3.8, 4) is 5.75 Å². The Morgan fingerprint density at radius 3 is 2.50 bits per heavy atom. The second kappa shape index (κ2) is 5.96. The highest BCUT2D eigenvalue weighted by atomic mass is 16.5. The number of aliphatic hydroxyl groups is 1. The summed E-state index contributed by atoms with van der Waals surface area (Å²) < 4.78 is 5.49. The number of likely N-dealkylation sites (N-methyl/N-ethyl adjacent to an activating group) is 1. The van der Waals surface area contributed by atoms with Crippen LogP contribution in [0.25, 0.3) is 0 Å². The van der Waals surface area contributed by atoms with Crippen LogP contribution in [0.2, 0.25) is 0 Å². The summed E-state index contributed by atoms with van der Waals surface area (Å²) in [5, 5.41) is 9.91. The summed E-state index contributed by atoms with van der Waals surface area (Å²) in [6, 6.07) is 5.72. The largest absolute Gasteiger partial charge is 0.492 e. The maximum Gasteiger partial charge on any atom is 0.144 e. The predicted molar refractivity (Wildman–Crippen MR) is 76.2 cm³/mol. The highest BCUT2D eigenvalue weighted by Crippen LogP contribution is 2.28. The molecule has 0 aliphatic heterocycles. The second-order valence-corrected chi connectivity index (χ2v) is 4.98. The molecule has 0 fully saturated rings. The molecule has 0 unspecified atom stereocenters. The van der Waals surface area contributed by atoms with E-state index in [1.165, 1.54) is 0 Å². The molecular weight excluding hydrogens is 228 g/mol. The molecule has 0 spiro atoms. The molecule has 0 aliphatic carbocycles. The lowest BCUT2D eigenvalue weighted by Gasteiger charge is -2.30. The van der Waals surface area contributed by atoms with Crippen molar-refractivity contribution in [2.45, 2.75) is 33.3 Å². The van der Waals surface area contributed by atoms with Crippen molar-refractivity contribution >= 4 is 11.4 Å². The van der Waals surface area contributed by atoms with Crippen LogP contribution in [0.1, 0.15) is 27.7 Å². The lowest BCUT2D eigenvalue weighted by molar-refractivity contribution is 0.0876. The van der Waals surface area contributed by atoms with Gasteiger partial charge in [-0.25, -0.2) is 0 Å². The Labute approximate surface area is 109 Å². The molecule has 0 saturated heterocycles. The van der Waals surface area contributed by atoms with Gasteiger partial charge in [-0.3, -0.25) is 0 Å². The van der Waals surface area contributed by atoms with Gasteiger partial charge in [-0.2, -0.15) is 0 Å². The fraction of sp³-hybridized carbons (Fsp3) is 0.571. The highest BCUT2D eigenvalue weighted by Gasteiger charge is 2.18. The van der Waals surface area contributed by atoms with Crippen molar-refractivity contribution in [1.82, 2.24) is 0 Å². The first-order valence-electron chi connectivity index (χ1n) is 6.37. The Kier molecular flexibility index (Phi) is 4.84. The zero-order valence-corrected chi connectivity index (χ0v) is 11.7. The number of nitrogens with two attached hydrogens (primary N) is 1. The predicted octanol–water partition coefficient (Wildman–Crippen LogP) is 2.26. The first kappa shape index (κ1) is 14.6. The maximum absolute atomic E-state index is 9.91. The topological polar surface area (TPSA) is 58.7 Å². The van der Waals surface area contributed by atoms with Crippen molar-refractivity contribution in [3.63, 3.8) is 0 Å². The van der Waals surface area contributed by atoms with E-state index in [2.05, 4.69) is 11.8 Å². The second-order valence-electron chi connectivity index (χ2n) is 4.98. The zero-order valence-electron chi connectivity index (χ0n) is 11.7. The van der Waals surface area contributed by atoms with Gasteiger partial charge in [0.05, 0.1) is 17.9 Å². The number of ether oxygens (including phenoxy) is 1. The van der Waals surface area contributed by atoms with Gasteiger partial charge in [0.2, 0.25) is 0 Å². The van der Waals surface area contributed by atoms with Crippen LogP contribution in [-0.2, 0) is 0 Å². The van der Waals surface area contributed by atoms with Crippen molar-refractivity contribution in [2.75, 3.05) is 30.3 Å². The number of rotatable bonds is 6. The normalized spacial score (nSPS) is 11.4. The summed E-state index contributed by atoms with van der Waals surface area (Å²) in [5.41, 5.74) is 6.77. The van der Waals surface area contributed by atoms with Crippen LogP contribution >= 0.6 is 0 Å². The van der Waals surface area contributed by atoms with Gasteiger partial charge in [-0.05, 0) is 39.8 Å². The molecule has 0 radical (unpaired) electrons. The molecule has 0 saturated carbocycles. The van der Waals surface area contributed by atoms with E-state index >= 15 is 0 Å². The number of hydrogen-bond donors (Lipinski definition) is 2. The van der Waals surface area contributed by atoms with Crippen molar-refractivity contribution < 1.29 is 9.84 Å². The summed E-state index contributed by atoms with van der Waals surface area (Å²) in [6.07, 6.45) is 0. The summed E-state index contributed by atoms with van der Waals surface area (Å²) in [5.74, 6) is 0.698. The molecule has 1 aromatic carbocycles. The molecule has 3 N–H and O–H groups in total. The molecule has 0 atom stereocenters. The first-order valence-corrected chi connectivity index (χ1v) is 6.37. The van der Waals surface area contributed by atoms with Crippen LogP contribution in [0.4, 0.5) is 11.4 Å². The number of anilines is 2. The van der Waals surface area contributed by atoms with Crippen LogP contribution in [-0.4, -0.2) is 30.4 Å². The summed E-state index contributed by atoms with van der Waals surface area (Å²) in [6.45, 7) is 9.57. The molecule has 1 rings (SSSR count). The quantitative estimate of drug-likeness (QED) is 0.762. The molecule has 0 bridgehead atoms. The minimum atomic E-state index is -0.733. The number of nitrogen functional groups attached to an aromatic ring is 1. The van der Waals surface area contributed by atoms with Crippen LogP contribution in [0.15, 0.2) is 18.2 Å². The highest BCUT2D eigenvalue weighted by molar-refractivity contribution is 5.62. The summed E-state index contributed by atoms with van der Waals surface area (Å²) in [7, 11) is 0. The third-order valence-electron chi connectivity index (χ3n) is 2.62. The van der Waals surface area contributed by atoms with E-state index in [9.17, 15) is 5.11 Å². The van der Waals surface area contributed by atoms with Gasteiger partial charge in [0.1, 0.15) is 5.75 Å². The van der Waals surface area contributed by atoms with Crippen molar-refractivity contribution in [1.29, 1.82) is 0 Å². The Bertz CT molecular complexity index is 386. The number of hydrogen-bond acceptors (Lipinski definition) is 4. The Balaban J connectivity index is 2.96. The van der Waals surface area contributed by atoms with Gasteiger partial charge < -0.3 is 20.5 Å². The van der Waals surface area contributed by atoms with Crippen molar-refractivity contribution in [3.05, 3.63) is 18.2 Å². The van der Waals surface area contributed by atoms with E-state index in [1.807, 2.05) is 25.1 Å². The van der Waals surface area contributed by atoms with E-state index in [4.69, 9.17) is 10.5 Å². The van der Waals surface area contributed by atoms with Crippen LogP contribution < -0.4 is 15.4 Å². The fourth-order valence-electron chi connectivity index (χ4n) is 1.85. The van der Waals surface area contributed by atoms with Crippen LogP contribution in [0, 0.1) is 0 Å². The molecule has 102 valence electrons. The monoisotopic (exact) mass is 252 g/mol. The van der Waals surface area contributed by atoms with Crippen LogP contribution in [0.3, 0.4) is 0 Å². The SMILES string of the molecule is CCOc1cc(N(CC)CC(C)(C)O)ccc1N. The average molecular weight is 252 g/mol. The van der Waals surface area contributed by atoms with E-state index in [0.29, 0.717) is 24.6 Å². The average Bonchev–Trinajstić information content (AvgIpc) is 2.28. The third-order valence-corrected chi connectivity index (χ3v) is 2.62. The maximum atomic E-state index is 9.91. The molecule has 0 aliphatic rings. The van der Waals surface area contributed by atoms with E-state index in [1.54, 1.807) is 13.8 Å². The standard InChI is InChI=1S/C14H24N2O2/c1-5-16(10-14(3,4)17)11-7-8-12(15)13(9-11)18-6-2/h7-9,17H,5-6,10,15H2,1-4H3. The van der Waals surface area contributed by atoms with E-state index in [0.717, 1.165) is 12.2 Å². The number of nitrogens with zero attached hydrogens (tertiary/aromatic N) is 1. The Morgan fingerprint density at radius 2 is 2.00 bits per heavy atom. The van der Waals surface area contributed by atoms with Crippen LogP contribution in [0.5, 0.6) is 5.75 Å². The molecular formula is C14H24N2O2. The molecule has 0 amide bonds. The van der Waals surface area contributed by atoms with Gasteiger partial charge in [-0.1, -0.05) is 0 Å². The Morgan fingerprint density at radius 1 is 1.33 bits per heavy atom. The van der Waals surface area contributed by atoms with Gasteiger partial charge in [-0.15, -0.1) is 0 Å². The van der Waals surface area contributed by atoms with E-state index < -0.39 is 5.60 Å². The first-order chi connectivity index (χ1) is 8.37. The van der Waals surface area contributed by atoms with Crippen molar-refractivity contribution in [2.24, 2.45) is 0 Å². The Hall–Kier alpha value is -1.42. The van der Waals surface area contributed by atoms with Gasteiger partial charge in [0.25, 0.3) is 0 Å². The lowest BCUT2D eigenvalue weighted by atomic mass is 10.1. The minimum absolute atomic E-state index is 0.568. The third kappa shape index (κ3) is 4.11. The van der Waals surface area contributed by atoms with Gasteiger partial charge >= 0.3 is 0 Å². The zero-order chi connectivity index (χ0) is 13.8. The molecule has 1 aromatic rings. The van der Waals surface area contributed by atoms with E-state index in [-0.39, 0.29) is 0 Å². The summed E-state index contributed by atoms with van der Waals surface area (Å²) in [4.78, 5) is 2.10. The molecule has 4 nitrogen and oxygen atoms in total. The molecule has 4 heteroatoms. The van der Waals surface area contributed by atoms with Gasteiger partial charge in [0.15, 0.2) is 0 Å². The molecule has 0 heterocycles. The fourth-order valence-corrected chi connectivity index (χ4v) is 1.85. The number of benzene rings is 1. The molecule has 18 heavy (non-hydrogen) atoms. The molecule has 0 aromatic heterocycles. The lowest BCUT2D eigenvalue weighted by Crippen LogP contribution is -2.38. The van der Waals surface area contributed by atoms with Gasteiger partial charge in [0, 0.05) is 24.8 Å².